The van der Waals surface area contributed by atoms with Gasteiger partial charge in [0.25, 0.3) is 10.0 Å². The highest BCUT2D eigenvalue weighted by Gasteiger charge is 2.34. The molecule has 3 aromatic carbocycles. The molecule has 0 spiro atoms. The monoisotopic (exact) mass is 415 g/mol. The predicted octanol–water partition coefficient (Wildman–Crippen LogP) is 3.96. The van der Waals surface area contributed by atoms with Gasteiger partial charge in [0.15, 0.2) is 5.75 Å². The molecule has 0 unspecified atom stereocenters. The van der Waals surface area contributed by atoms with E-state index in [0.29, 0.717) is 17.7 Å². The van der Waals surface area contributed by atoms with Crippen molar-refractivity contribution in [1.29, 1.82) is 0 Å². The molecule has 5 nitrogen and oxygen atoms in total. The number of aliphatic hydroxyl groups excluding tert-OH is 1. The van der Waals surface area contributed by atoms with Crippen LogP contribution in [-0.4, -0.2) is 25.2 Å². The van der Waals surface area contributed by atoms with Crippen LogP contribution in [0, 0.1) is 0 Å². The maximum Gasteiger partial charge on any atom is 0.268 e. The van der Waals surface area contributed by atoms with Crippen molar-refractivity contribution in [1.82, 2.24) is 0 Å². The summed E-state index contributed by atoms with van der Waals surface area (Å²) in [6.07, 6.45) is 0.581. The Morgan fingerprint density at radius 1 is 1.00 bits per heavy atom. The van der Waals surface area contributed by atoms with E-state index >= 15 is 0 Å². The first kappa shape index (κ1) is 18.8. The van der Waals surface area contributed by atoms with E-state index in [0.717, 1.165) is 16.7 Å². The normalized spacial score (nSPS) is 13.6. The van der Waals surface area contributed by atoms with Crippen LogP contribution in [0.2, 0.25) is 5.02 Å². The molecule has 0 amide bonds. The van der Waals surface area contributed by atoms with Crippen LogP contribution in [0.1, 0.15) is 11.1 Å². The highest BCUT2D eigenvalue weighted by molar-refractivity contribution is 7.93. The summed E-state index contributed by atoms with van der Waals surface area (Å²) < 4.78 is 27.9. The molecule has 144 valence electrons. The van der Waals surface area contributed by atoms with Gasteiger partial charge in [-0.25, -0.2) is 8.42 Å². The van der Waals surface area contributed by atoms with Crippen LogP contribution in [0.4, 0.5) is 5.69 Å². The topological polar surface area (TPSA) is 77.8 Å². The second kappa shape index (κ2) is 7.13. The number of benzene rings is 3. The van der Waals surface area contributed by atoms with Gasteiger partial charge in [0.1, 0.15) is 4.90 Å². The Bertz CT molecular complexity index is 1150. The smallest absolute Gasteiger partial charge is 0.268 e. The number of nitrogens with zero attached hydrogens (tertiary/aromatic N) is 1. The molecule has 0 radical (unpaired) electrons. The van der Waals surface area contributed by atoms with Crippen LogP contribution < -0.4 is 4.31 Å². The highest BCUT2D eigenvalue weighted by Crippen LogP contribution is 2.40. The Hall–Kier alpha value is -2.54. The SMILES string of the molecule is O=S(=O)(c1cc(CO)cc(Cl)c1O)N1CCc2ccc(-c3ccccc3)cc21. The quantitative estimate of drug-likeness (QED) is 0.676. The number of aromatic hydroxyl groups is 1. The number of halogens is 1. The summed E-state index contributed by atoms with van der Waals surface area (Å²) in [7, 11) is -4.05. The van der Waals surface area contributed by atoms with Gasteiger partial charge in [0.2, 0.25) is 0 Å². The average Bonchev–Trinajstić information content (AvgIpc) is 3.14. The molecule has 28 heavy (non-hydrogen) atoms. The lowest BCUT2D eigenvalue weighted by atomic mass is 10.0. The number of sulfonamides is 1. The van der Waals surface area contributed by atoms with Crippen molar-refractivity contribution in [2.45, 2.75) is 17.9 Å². The van der Waals surface area contributed by atoms with Crippen LogP contribution in [0.5, 0.6) is 5.75 Å². The van der Waals surface area contributed by atoms with Crippen molar-refractivity contribution in [2.24, 2.45) is 0 Å². The predicted molar refractivity (Wildman–Crippen MR) is 109 cm³/mol. The van der Waals surface area contributed by atoms with Crippen LogP contribution in [0.3, 0.4) is 0 Å². The van der Waals surface area contributed by atoms with E-state index in [2.05, 4.69) is 0 Å². The van der Waals surface area contributed by atoms with Gasteiger partial charge in [-0.1, -0.05) is 54.1 Å². The number of aliphatic hydroxyl groups is 1. The first-order valence-electron chi connectivity index (χ1n) is 8.75. The van der Waals surface area contributed by atoms with Crippen molar-refractivity contribution in [2.75, 3.05) is 10.8 Å². The molecule has 1 heterocycles. The fourth-order valence-corrected chi connectivity index (χ4v) is 5.39. The maximum atomic E-state index is 13.3. The Labute approximate surface area is 168 Å². The standard InChI is InChI=1S/C21H18ClNO4S/c22-18-10-14(13-24)11-20(21(18)25)28(26,27)23-9-8-16-6-7-17(12-19(16)23)15-4-2-1-3-5-15/h1-7,10-12,24-25H,8-9,13H2. The summed E-state index contributed by atoms with van der Waals surface area (Å²) in [5.41, 5.74) is 3.73. The van der Waals surface area contributed by atoms with Gasteiger partial charge < -0.3 is 10.2 Å². The van der Waals surface area contributed by atoms with Gasteiger partial charge in [-0.2, -0.15) is 0 Å². The van der Waals surface area contributed by atoms with E-state index in [4.69, 9.17) is 11.6 Å². The molecule has 1 aliphatic heterocycles. The molecular formula is C21H18ClNO4S. The summed E-state index contributed by atoms with van der Waals surface area (Å²) in [4.78, 5) is -0.304. The number of hydrogen-bond donors (Lipinski definition) is 2. The fraction of sp³-hybridized carbons (Fsp3) is 0.143. The van der Waals surface area contributed by atoms with Crippen LogP contribution in [-0.2, 0) is 23.1 Å². The maximum absolute atomic E-state index is 13.3. The van der Waals surface area contributed by atoms with Crippen molar-refractivity contribution in [3.05, 3.63) is 76.8 Å². The lowest BCUT2D eigenvalue weighted by molar-refractivity contribution is 0.281. The molecule has 0 saturated heterocycles. The van der Waals surface area contributed by atoms with Gasteiger partial charge in [0.05, 0.1) is 17.3 Å². The summed E-state index contributed by atoms with van der Waals surface area (Å²) in [5.74, 6) is -0.508. The van der Waals surface area contributed by atoms with E-state index in [9.17, 15) is 18.6 Å². The lowest BCUT2D eigenvalue weighted by Crippen LogP contribution is -2.29. The molecule has 0 bridgehead atoms. The Kier molecular flexibility index (Phi) is 4.79. The molecule has 0 aromatic heterocycles. The second-order valence-corrected chi connectivity index (χ2v) is 8.86. The van der Waals surface area contributed by atoms with E-state index < -0.39 is 15.8 Å². The van der Waals surface area contributed by atoms with Gasteiger partial charge in [-0.05, 0) is 46.9 Å². The summed E-state index contributed by atoms with van der Waals surface area (Å²) in [6.45, 7) is -0.104. The molecular weight excluding hydrogens is 398 g/mol. The lowest BCUT2D eigenvalue weighted by Gasteiger charge is -2.21. The van der Waals surface area contributed by atoms with Crippen molar-refractivity contribution < 1.29 is 18.6 Å². The first-order chi connectivity index (χ1) is 13.4. The molecule has 1 aliphatic rings. The number of fused-ring (bicyclic) bond motifs is 1. The third-order valence-electron chi connectivity index (χ3n) is 4.88. The molecule has 0 saturated carbocycles. The molecule has 3 aromatic rings. The number of anilines is 1. The molecule has 0 aliphatic carbocycles. The zero-order valence-corrected chi connectivity index (χ0v) is 16.4. The highest BCUT2D eigenvalue weighted by atomic mass is 35.5. The number of hydrogen-bond acceptors (Lipinski definition) is 4. The van der Waals surface area contributed by atoms with Crippen molar-refractivity contribution in [3.63, 3.8) is 0 Å². The third kappa shape index (κ3) is 3.13. The molecule has 0 fully saturated rings. The fourth-order valence-electron chi connectivity index (χ4n) is 3.44. The number of rotatable bonds is 4. The van der Waals surface area contributed by atoms with E-state index in [-0.39, 0.29) is 23.1 Å². The Morgan fingerprint density at radius 3 is 2.46 bits per heavy atom. The minimum atomic E-state index is -4.05. The molecule has 4 rings (SSSR count). The van der Waals surface area contributed by atoms with Crippen LogP contribution in [0.25, 0.3) is 11.1 Å². The molecule has 2 N–H and O–H groups in total. The van der Waals surface area contributed by atoms with Gasteiger partial charge in [0, 0.05) is 6.54 Å². The summed E-state index contributed by atoms with van der Waals surface area (Å²) in [5, 5.41) is 19.5. The van der Waals surface area contributed by atoms with Crippen molar-refractivity contribution in [3.8, 4) is 16.9 Å². The second-order valence-electron chi connectivity index (χ2n) is 6.62. The molecule has 0 atom stereocenters. The Balaban J connectivity index is 1.82. The minimum absolute atomic E-state index is 0.109. The van der Waals surface area contributed by atoms with Crippen molar-refractivity contribution >= 4 is 27.3 Å². The van der Waals surface area contributed by atoms with Gasteiger partial charge in [-0.3, -0.25) is 4.31 Å². The zero-order chi connectivity index (χ0) is 19.9. The van der Waals surface area contributed by atoms with Gasteiger partial charge >= 0.3 is 0 Å². The van der Waals surface area contributed by atoms with E-state index in [1.54, 1.807) is 0 Å². The van der Waals surface area contributed by atoms with Gasteiger partial charge in [-0.15, -0.1) is 0 Å². The van der Waals surface area contributed by atoms with E-state index in [1.807, 2.05) is 48.5 Å². The first-order valence-corrected chi connectivity index (χ1v) is 10.6. The third-order valence-corrected chi connectivity index (χ3v) is 7.00. The van der Waals surface area contributed by atoms with Crippen LogP contribution >= 0.6 is 11.6 Å². The van der Waals surface area contributed by atoms with E-state index in [1.165, 1.54) is 16.4 Å². The number of phenols is 1. The van der Waals surface area contributed by atoms with Crippen LogP contribution in [0.15, 0.2) is 65.6 Å². The summed E-state index contributed by atoms with van der Waals surface area (Å²) in [6, 6.07) is 18.1. The zero-order valence-electron chi connectivity index (χ0n) is 14.8. The minimum Gasteiger partial charge on any atom is -0.505 e. The average molecular weight is 416 g/mol. The number of phenolic OH excluding ortho intramolecular Hbond substituents is 1. The largest absolute Gasteiger partial charge is 0.505 e. The summed E-state index contributed by atoms with van der Waals surface area (Å²) >= 11 is 5.97. The molecule has 7 heteroatoms. The Morgan fingerprint density at radius 2 is 1.75 bits per heavy atom.